The number of carbonyl (C=O) groups excluding carboxylic acids is 1. The third-order valence-electron chi connectivity index (χ3n) is 1.99. The van der Waals surface area contributed by atoms with E-state index in [4.69, 9.17) is 9.84 Å². The number of carboxylic acid groups (broad SMARTS) is 1. The lowest BCUT2D eigenvalue weighted by molar-refractivity contribution is -0.140. The molecule has 0 saturated carbocycles. The van der Waals surface area contributed by atoms with E-state index in [9.17, 15) is 18.0 Å². The lowest BCUT2D eigenvalue weighted by Crippen LogP contribution is -2.45. The van der Waals surface area contributed by atoms with Gasteiger partial charge in [-0.2, -0.15) is 0 Å². The summed E-state index contributed by atoms with van der Waals surface area (Å²) in [6.45, 7) is 2.69. The number of methoxy groups -OCH3 is 1. The smallest absolute Gasteiger partial charge is 0.327 e. The lowest BCUT2D eigenvalue weighted by Gasteiger charge is -2.15. The van der Waals surface area contributed by atoms with Crippen LogP contribution in [0.2, 0.25) is 0 Å². The minimum absolute atomic E-state index is 0.285. The van der Waals surface area contributed by atoms with Gasteiger partial charge < -0.3 is 15.2 Å². The van der Waals surface area contributed by atoms with Gasteiger partial charge in [-0.1, -0.05) is 0 Å². The average molecular weight is 267 g/mol. The van der Waals surface area contributed by atoms with Gasteiger partial charge in [-0.05, 0) is 6.92 Å². The van der Waals surface area contributed by atoms with Gasteiger partial charge in [-0.25, -0.2) is 13.2 Å². The number of rotatable bonds is 7. The number of carbonyl (C=O) groups is 2. The molecule has 2 N–H and O–H groups in total. The first kappa shape index (κ1) is 15.9. The number of ether oxygens (including phenoxy) is 1. The molecule has 0 aliphatic carbocycles. The quantitative estimate of drug-likeness (QED) is 0.614. The molecule has 1 amide bonds. The fraction of sp³-hybridized carbons (Fsp3) is 0.778. The molecule has 0 rings (SSSR count). The van der Waals surface area contributed by atoms with Crippen LogP contribution in [0, 0.1) is 0 Å². The van der Waals surface area contributed by atoms with Crippen molar-refractivity contribution in [1.82, 2.24) is 5.32 Å². The maximum atomic E-state index is 11.6. The van der Waals surface area contributed by atoms with Crippen LogP contribution in [-0.2, 0) is 24.2 Å². The topological polar surface area (TPSA) is 110 Å². The molecule has 0 radical (unpaired) electrons. The van der Waals surface area contributed by atoms with Gasteiger partial charge in [0.2, 0.25) is 5.91 Å². The first-order valence-corrected chi connectivity index (χ1v) is 6.73. The molecule has 0 aromatic carbocycles. The minimum atomic E-state index is -3.60. The van der Waals surface area contributed by atoms with Crippen LogP contribution in [-0.4, -0.2) is 56.2 Å². The van der Waals surface area contributed by atoms with Crippen molar-refractivity contribution in [2.24, 2.45) is 0 Å². The van der Waals surface area contributed by atoms with E-state index in [1.807, 2.05) is 0 Å². The van der Waals surface area contributed by atoms with Crippen molar-refractivity contribution in [2.75, 3.05) is 18.6 Å². The Morgan fingerprint density at radius 1 is 1.35 bits per heavy atom. The first-order chi connectivity index (χ1) is 7.68. The number of hydrogen-bond acceptors (Lipinski definition) is 5. The van der Waals surface area contributed by atoms with Gasteiger partial charge in [0.25, 0.3) is 0 Å². The number of amides is 1. The molecule has 1 unspecified atom stereocenters. The number of aliphatic carboxylic acids is 1. The SMILES string of the molecule is COC(C)CS(=O)(=O)C[C@H](NC(C)=O)C(=O)O. The first-order valence-electron chi connectivity index (χ1n) is 4.91. The van der Waals surface area contributed by atoms with Crippen LogP contribution in [0.4, 0.5) is 0 Å². The van der Waals surface area contributed by atoms with Crippen LogP contribution in [0.15, 0.2) is 0 Å². The van der Waals surface area contributed by atoms with Gasteiger partial charge in [-0.15, -0.1) is 0 Å². The summed E-state index contributed by atoms with van der Waals surface area (Å²) >= 11 is 0. The van der Waals surface area contributed by atoms with E-state index < -0.39 is 39.6 Å². The van der Waals surface area contributed by atoms with Crippen LogP contribution in [0.3, 0.4) is 0 Å². The van der Waals surface area contributed by atoms with Gasteiger partial charge >= 0.3 is 5.97 Å². The highest BCUT2D eigenvalue weighted by Gasteiger charge is 2.27. The van der Waals surface area contributed by atoms with Crippen molar-refractivity contribution >= 4 is 21.7 Å². The summed E-state index contributed by atoms with van der Waals surface area (Å²) in [5.41, 5.74) is 0. The van der Waals surface area contributed by atoms with Crippen LogP contribution < -0.4 is 5.32 Å². The number of nitrogens with one attached hydrogen (secondary N) is 1. The highest BCUT2D eigenvalue weighted by Crippen LogP contribution is 2.01. The summed E-state index contributed by atoms with van der Waals surface area (Å²) in [4.78, 5) is 21.5. The summed E-state index contributed by atoms with van der Waals surface area (Å²) in [7, 11) is -2.24. The maximum Gasteiger partial charge on any atom is 0.327 e. The summed E-state index contributed by atoms with van der Waals surface area (Å²) in [6, 6.07) is -1.43. The van der Waals surface area contributed by atoms with Gasteiger partial charge in [0, 0.05) is 14.0 Å². The average Bonchev–Trinajstić information content (AvgIpc) is 2.14. The van der Waals surface area contributed by atoms with Gasteiger partial charge in [0.15, 0.2) is 9.84 Å². The van der Waals surface area contributed by atoms with Crippen LogP contribution in [0.25, 0.3) is 0 Å². The van der Waals surface area contributed by atoms with E-state index in [1.165, 1.54) is 7.11 Å². The molecule has 0 saturated heterocycles. The summed E-state index contributed by atoms with van der Waals surface area (Å²) in [5.74, 6) is -2.90. The maximum absolute atomic E-state index is 11.6. The van der Waals surface area contributed by atoms with E-state index in [-0.39, 0.29) is 5.75 Å². The number of sulfone groups is 1. The zero-order valence-corrected chi connectivity index (χ0v) is 10.8. The van der Waals surface area contributed by atoms with E-state index in [0.29, 0.717) is 0 Å². The zero-order valence-electron chi connectivity index (χ0n) is 9.97. The Morgan fingerprint density at radius 2 is 1.88 bits per heavy atom. The Bertz CT molecular complexity index is 377. The van der Waals surface area contributed by atoms with Gasteiger partial charge in [-0.3, -0.25) is 4.79 Å². The fourth-order valence-electron chi connectivity index (χ4n) is 1.17. The Hall–Kier alpha value is -1.15. The Labute approximate surface area is 100 Å². The molecule has 0 aromatic heterocycles. The van der Waals surface area contributed by atoms with Crippen molar-refractivity contribution in [3.63, 3.8) is 0 Å². The number of hydrogen-bond donors (Lipinski definition) is 2. The van der Waals surface area contributed by atoms with E-state index in [2.05, 4.69) is 5.32 Å². The van der Waals surface area contributed by atoms with E-state index in [1.54, 1.807) is 6.92 Å². The monoisotopic (exact) mass is 267 g/mol. The number of carboxylic acids is 1. The molecule has 100 valence electrons. The molecule has 0 fully saturated rings. The third kappa shape index (κ3) is 6.90. The predicted molar refractivity (Wildman–Crippen MR) is 60.4 cm³/mol. The molecular weight excluding hydrogens is 250 g/mol. The van der Waals surface area contributed by atoms with E-state index in [0.717, 1.165) is 6.92 Å². The van der Waals surface area contributed by atoms with E-state index >= 15 is 0 Å². The highest BCUT2D eigenvalue weighted by molar-refractivity contribution is 7.91. The minimum Gasteiger partial charge on any atom is -0.480 e. The molecule has 0 spiro atoms. The van der Waals surface area contributed by atoms with Crippen molar-refractivity contribution in [1.29, 1.82) is 0 Å². The molecule has 0 heterocycles. The summed E-state index contributed by atoms with van der Waals surface area (Å²) in [5, 5.41) is 10.8. The summed E-state index contributed by atoms with van der Waals surface area (Å²) in [6.07, 6.45) is -0.522. The van der Waals surface area contributed by atoms with Gasteiger partial charge in [0.1, 0.15) is 6.04 Å². The molecule has 7 nitrogen and oxygen atoms in total. The molecular formula is C9H17NO6S. The normalized spacial score (nSPS) is 15.0. The van der Waals surface area contributed by atoms with Crippen molar-refractivity contribution < 1.29 is 27.9 Å². The predicted octanol–water partition coefficient (Wildman–Crippen LogP) is -0.975. The molecule has 0 aliphatic rings. The second-order valence-corrected chi connectivity index (χ2v) is 5.87. The zero-order chi connectivity index (χ0) is 13.6. The standard InChI is InChI=1S/C9H17NO6S/c1-6(16-3)4-17(14,15)5-8(9(12)13)10-7(2)11/h6,8H,4-5H2,1-3H3,(H,10,11)(H,12,13)/t6?,8-/m0/s1. The highest BCUT2D eigenvalue weighted by atomic mass is 32.2. The van der Waals surface area contributed by atoms with Crippen LogP contribution in [0.1, 0.15) is 13.8 Å². The molecule has 0 aliphatic heterocycles. The Morgan fingerprint density at radius 3 is 2.24 bits per heavy atom. The van der Waals surface area contributed by atoms with Crippen molar-refractivity contribution in [3.8, 4) is 0 Å². The molecule has 17 heavy (non-hydrogen) atoms. The van der Waals surface area contributed by atoms with Crippen LogP contribution >= 0.6 is 0 Å². The fourth-order valence-corrected chi connectivity index (χ4v) is 2.89. The third-order valence-corrected chi connectivity index (χ3v) is 3.81. The van der Waals surface area contributed by atoms with Gasteiger partial charge in [0.05, 0.1) is 17.6 Å². The molecule has 2 atom stereocenters. The molecule has 0 aromatic rings. The van der Waals surface area contributed by atoms with Crippen molar-refractivity contribution in [3.05, 3.63) is 0 Å². The Balaban J connectivity index is 4.64. The largest absolute Gasteiger partial charge is 0.480 e. The Kier molecular flexibility index (Phi) is 6.11. The lowest BCUT2D eigenvalue weighted by atomic mass is 10.3. The molecule has 0 bridgehead atoms. The van der Waals surface area contributed by atoms with Crippen LogP contribution in [0.5, 0.6) is 0 Å². The summed E-state index contributed by atoms with van der Waals surface area (Å²) < 4.78 is 28.0. The second kappa shape index (κ2) is 6.55. The van der Waals surface area contributed by atoms with Crippen molar-refractivity contribution in [2.45, 2.75) is 26.0 Å². The molecule has 8 heteroatoms. The second-order valence-electron chi connectivity index (χ2n) is 3.71.